The number of hydrogen-bond acceptors (Lipinski definition) is 7. The molecule has 0 bridgehead atoms. The fourth-order valence-electron chi connectivity index (χ4n) is 3.36. The summed E-state index contributed by atoms with van der Waals surface area (Å²) in [5.74, 6) is -2.30. The van der Waals surface area contributed by atoms with Crippen LogP contribution >= 0.6 is 0 Å². The Bertz CT molecular complexity index is 1110. The molecule has 0 heterocycles. The molecule has 3 atom stereocenters. The number of benzene rings is 2. The van der Waals surface area contributed by atoms with E-state index in [1.54, 1.807) is 97.0 Å². The second-order valence-electron chi connectivity index (χ2n) is 10.8. The third-order valence-corrected chi connectivity index (χ3v) is 5.14. The van der Waals surface area contributed by atoms with Gasteiger partial charge in [-0.15, -0.1) is 0 Å². The summed E-state index contributed by atoms with van der Waals surface area (Å²) in [6.45, 7) is 13.3. The molecule has 0 fully saturated rings. The third-order valence-electron chi connectivity index (χ3n) is 5.14. The van der Waals surface area contributed by atoms with E-state index in [9.17, 15) is 19.2 Å². The fraction of sp³-hybridized carbons (Fsp3) is 0.448. The molecule has 0 aromatic heterocycles. The van der Waals surface area contributed by atoms with Crippen LogP contribution in [-0.4, -0.2) is 47.2 Å². The Morgan fingerprint density at radius 2 is 1.30 bits per heavy atom. The first-order valence-corrected chi connectivity index (χ1v) is 12.2. The maximum absolute atomic E-state index is 13.0. The van der Waals surface area contributed by atoms with Gasteiger partial charge in [-0.25, -0.2) is 9.59 Å². The number of alkyl carbamates (subject to hydrolysis) is 1. The van der Waals surface area contributed by atoms with Crippen molar-refractivity contribution in [3.05, 3.63) is 71.3 Å². The molecule has 8 nitrogen and oxygen atoms in total. The normalized spacial score (nSPS) is 14.1. The van der Waals surface area contributed by atoms with Crippen LogP contribution in [0.2, 0.25) is 0 Å². The first-order valence-electron chi connectivity index (χ1n) is 12.2. The molecule has 0 saturated heterocycles. The highest BCUT2D eigenvalue weighted by molar-refractivity contribution is 6.09. The average molecular weight is 512 g/mol. The minimum absolute atomic E-state index is 0.164. The van der Waals surface area contributed by atoms with Crippen LogP contribution in [0.25, 0.3) is 0 Å². The lowest BCUT2D eigenvalue weighted by molar-refractivity contribution is -0.165. The van der Waals surface area contributed by atoms with Crippen molar-refractivity contribution in [2.75, 3.05) is 0 Å². The lowest BCUT2D eigenvalue weighted by atomic mass is 9.95. The zero-order chi connectivity index (χ0) is 28.0. The van der Waals surface area contributed by atoms with Gasteiger partial charge in [-0.1, -0.05) is 48.5 Å². The lowest BCUT2D eigenvalue weighted by Gasteiger charge is -2.29. The Kier molecular flexibility index (Phi) is 9.61. The van der Waals surface area contributed by atoms with E-state index in [-0.39, 0.29) is 5.78 Å². The first-order chi connectivity index (χ1) is 17.1. The molecular weight excluding hydrogens is 474 g/mol. The molecule has 0 aliphatic rings. The van der Waals surface area contributed by atoms with Crippen molar-refractivity contribution < 1.29 is 33.4 Å². The van der Waals surface area contributed by atoms with Crippen LogP contribution in [0.5, 0.6) is 0 Å². The zero-order valence-corrected chi connectivity index (χ0v) is 22.8. The molecule has 0 aliphatic carbocycles. The summed E-state index contributed by atoms with van der Waals surface area (Å²) >= 11 is 0. The molecule has 2 aromatic carbocycles. The highest BCUT2D eigenvalue weighted by Gasteiger charge is 2.35. The molecule has 2 aromatic rings. The Morgan fingerprint density at radius 3 is 1.86 bits per heavy atom. The smallest absolute Gasteiger partial charge is 0.408 e. The molecule has 0 aliphatic heterocycles. The van der Waals surface area contributed by atoms with Crippen molar-refractivity contribution in [3.63, 3.8) is 0 Å². The predicted octanol–water partition coefficient (Wildman–Crippen LogP) is 5.19. The van der Waals surface area contributed by atoms with E-state index in [4.69, 9.17) is 14.2 Å². The van der Waals surface area contributed by atoms with Gasteiger partial charge in [0, 0.05) is 11.1 Å². The van der Waals surface area contributed by atoms with E-state index in [1.165, 1.54) is 6.92 Å². The van der Waals surface area contributed by atoms with Crippen molar-refractivity contribution in [1.82, 2.24) is 5.32 Å². The minimum atomic E-state index is -1.30. The van der Waals surface area contributed by atoms with Crippen LogP contribution in [0.1, 0.15) is 82.8 Å². The summed E-state index contributed by atoms with van der Waals surface area (Å²) in [7, 11) is 0. The van der Waals surface area contributed by atoms with Gasteiger partial charge in [0.05, 0.1) is 5.92 Å². The van der Waals surface area contributed by atoms with E-state index in [0.29, 0.717) is 16.7 Å². The van der Waals surface area contributed by atoms with Crippen molar-refractivity contribution in [2.45, 2.75) is 84.7 Å². The monoisotopic (exact) mass is 511 g/mol. The summed E-state index contributed by atoms with van der Waals surface area (Å²) in [5.41, 5.74) is -0.0631. The maximum atomic E-state index is 13.0. The van der Waals surface area contributed by atoms with Crippen molar-refractivity contribution in [3.8, 4) is 0 Å². The van der Waals surface area contributed by atoms with E-state index < -0.39 is 47.3 Å². The van der Waals surface area contributed by atoms with E-state index in [2.05, 4.69) is 5.32 Å². The Balaban J connectivity index is 2.19. The highest BCUT2D eigenvalue weighted by Crippen LogP contribution is 2.22. The Morgan fingerprint density at radius 1 is 0.730 bits per heavy atom. The quantitative estimate of drug-likeness (QED) is 0.295. The topological polar surface area (TPSA) is 108 Å². The van der Waals surface area contributed by atoms with Crippen LogP contribution < -0.4 is 5.32 Å². The number of esters is 2. The number of hydrogen-bond donors (Lipinski definition) is 1. The van der Waals surface area contributed by atoms with Gasteiger partial charge in [0.2, 0.25) is 0 Å². The van der Waals surface area contributed by atoms with Gasteiger partial charge in [-0.2, -0.15) is 0 Å². The molecular formula is C29H37NO7. The number of ketones is 1. The average Bonchev–Trinajstić information content (AvgIpc) is 2.79. The summed E-state index contributed by atoms with van der Waals surface area (Å²) in [6.07, 6.45) is -1.90. The van der Waals surface area contributed by atoms with E-state index in [1.807, 2.05) is 6.07 Å². The van der Waals surface area contributed by atoms with Gasteiger partial charge in [0.1, 0.15) is 17.3 Å². The first kappa shape index (κ1) is 29.5. The molecule has 8 heteroatoms. The molecule has 2 unspecified atom stereocenters. The lowest BCUT2D eigenvalue weighted by Crippen LogP contribution is -2.52. The summed E-state index contributed by atoms with van der Waals surface area (Å²) < 4.78 is 16.3. The van der Waals surface area contributed by atoms with Crippen LogP contribution in [0.3, 0.4) is 0 Å². The van der Waals surface area contributed by atoms with Gasteiger partial charge < -0.3 is 19.5 Å². The maximum Gasteiger partial charge on any atom is 0.408 e. The molecule has 0 spiro atoms. The van der Waals surface area contributed by atoms with Gasteiger partial charge in [-0.3, -0.25) is 9.59 Å². The van der Waals surface area contributed by atoms with Crippen LogP contribution in [0.4, 0.5) is 4.79 Å². The van der Waals surface area contributed by atoms with E-state index >= 15 is 0 Å². The van der Waals surface area contributed by atoms with Crippen molar-refractivity contribution >= 4 is 23.8 Å². The van der Waals surface area contributed by atoms with Gasteiger partial charge >= 0.3 is 18.0 Å². The molecule has 200 valence electrons. The molecule has 0 saturated carbocycles. The summed E-state index contributed by atoms with van der Waals surface area (Å²) in [5, 5.41) is 2.46. The summed E-state index contributed by atoms with van der Waals surface area (Å²) in [4.78, 5) is 51.1. The second kappa shape index (κ2) is 12.0. The highest BCUT2D eigenvalue weighted by atomic mass is 16.6. The number of carbonyl (C=O) groups is 4. The minimum Gasteiger partial charge on any atom is -0.459 e. The molecule has 1 N–H and O–H groups in total. The SMILES string of the molecule is CC(OC(=O)[C@@H](C)c1cccc(C(=O)c2ccccc2)c1)C(NC(=O)OC(C)(C)C)C(=O)OC(C)(C)C. The predicted molar refractivity (Wildman–Crippen MR) is 139 cm³/mol. The number of ether oxygens (including phenoxy) is 3. The van der Waals surface area contributed by atoms with Crippen LogP contribution in [-0.2, 0) is 23.8 Å². The Labute approximate surface area is 218 Å². The zero-order valence-electron chi connectivity index (χ0n) is 22.8. The molecule has 37 heavy (non-hydrogen) atoms. The molecule has 1 amide bonds. The summed E-state index contributed by atoms with van der Waals surface area (Å²) in [6, 6.07) is 14.3. The molecule has 0 radical (unpaired) electrons. The standard InChI is InChI=1S/C29H37NO7/c1-18(21-15-12-16-22(17-21)24(31)20-13-10-9-11-14-20)25(32)35-19(2)23(26(33)36-28(3,4)5)30-27(34)37-29(6,7)8/h9-19,23H,1-8H3,(H,30,34)/t18-,19?,23?/m0/s1. The van der Waals surface area contributed by atoms with Crippen molar-refractivity contribution in [1.29, 1.82) is 0 Å². The van der Waals surface area contributed by atoms with Crippen molar-refractivity contribution in [2.24, 2.45) is 0 Å². The number of carbonyl (C=O) groups excluding carboxylic acids is 4. The van der Waals surface area contributed by atoms with Gasteiger partial charge in [0.25, 0.3) is 0 Å². The largest absolute Gasteiger partial charge is 0.459 e. The van der Waals surface area contributed by atoms with Crippen LogP contribution in [0, 0.1) is 0 Å². The van der Waals surface area contributed by atoms with Crippen LogP contribution in [0.15, 0.2) is 54.6 Å². The van der Waals surface area contributed by atoms with Gasteiger partial charge in [-0.05, 0) is 67.0 Å². The number of nitrogens with one attached hydrogen (secondary N) is 1. The number of amides is 1. The Hall–Kier alpha value is -3.68. The third kappa shape index (κ3) is 9.37. The van der Waals surface area contributed by atoms with E-state index in [0.717, 1.165) is 0 Å². The number of rotatable bonds is 8. The van der Waals surface area contributed by atoms with Gasteiger partial charge in [0.15, 0.2) is 11.8 Å². The second-order valence-corrected chi connectivity index (χ2v) is 10.8. The molecule has 2 rings (SSSR count). The fourth-order valence-corrected chi connectivity index (χ4v) is 3.36.